The van der Waals surface area contributed by atoms with E-state index in [2.05, 4.69) is 5.32 Å². The first-order valence-corrected chi connectivity index (χ1v) is 13.2. The van der Waals surface area contributed by atoms with Gasteiger partial charge in [-0.05, 0) is 55.0 Å². The number of sulfone groups is 1. The van der Waals surface area contributed by atoms with E-state index in [4.69, 9.17) is 9.47 Å². The number of rotatable bonds is 8. The molecule has 3 aliphatic rings. The fourth-order valence-corrected chi connectivity index (χ4v) is 6.67. The van der Waals surface area contributed by atoms with Gasteiger partial charge in [-0.25, -0.2) is 13.2 Å². The van der Waals surface area contributed by atoms with Crippen molar-refractivity contribution < 1.29 is 27.5 Å². The second-order valence-corrected chi connectivity index (χ2v) is 11.4. The van der Waals surface area contributed by atoms with E-state index < -0.39 is 21.3 Å². The van der Waals surface area contributed by atoms with Gasteiger partial charge in [-0.15, -0.1) is 0 Å². The summed E-state index contributed by atoms with van der Waals surface area (Å²) in [7, 11) is -3.58. The van der Waals surface area contributed by atoms with Crippen molar-refractivity contribution in [3.05, 3.63) is 59.7 Å². The van der Waals surface area contributed by atoms with Crippen LogP contribution in [0, 0.1) is 0 Å². The Hall–Kier alpha value is -2.91. The molecular weight excluding hydrogens is 456 g/mol. The highest BCUT2D eigenvalue weighted by atomic mass is 32.2. The number of carbonyl (C=O) groups excluding carboxylic acids is 2. The van der Waals surface area contributed by atoms with Crippen LogP contribution in [0.5, 0.6) is 5.75 Å². The van der Waals surface area contributed by atoms with E-state index in [0.717, 1.165) is 36.8 Å². The first kappa shape index (κ1) is 22.9. The molecule has 0 radical (unpaired) electrons. The van der Waals surface area contributed by atoms with Gasteiger partial charge in [0, 0.05) is 6.54 Å². The minimum Gasteiger partial charge on any atom is -0.490 e. The summed E-state index contributed by atoms with van der Waals surface area (Å²) in [5.41, 5.74) is 1.12. The van der Waals surface area contributed by atoms with E-state index in [0.29, 0.717) is 25.5 Å². The summed E-state index contributed by atoms with van der Waals surface area (Å²) in [5, 5.41) is 2.26. The quantitative estimate of drug-likeness (QED) is 0.578. The van der Waals surface area contributed by atoms with Gasteiger partial charge >= 0.3 is 6.03 Å². The molecule has 0 bridgehead atoms. The molecular formula is C25H28N2O6S. The van der Waals surface area contributed by atoms with Gasteiger partial charge in [-0.3, -0.25) is 10.1 Å². The maximum absolute atomic E-state index is 13.4. The van der Waals surface area contributed by atoms with Crippen LogP contribution >= 0.6 is 0 Å². The third-order valence-electron chi connectivity index (χ3n) is 6.80. The molecule has 3 amide bonds. The van der Waals surface area contributed by atoms with Crippen molar-refractivity contribution in [2.45, 2.75) is 48.6 Å². The van der Waals surface area contributed by atoms with E-state index in [1.165, 1.54) is 4.90 Å². The normalized spacial score (nSPS) is 20.3. The van der Waals surface area contributed by atoms with E-state index in [1.807, 2.05) is 30.3 Å². The number of carbonyl (C=O) groups is 2. The Labute approximate surface area is 199 Å². The van der Waals surface area contributed by atoms with Crippen molar-refractivity contribution in [2.24, 2.45) is 0 Å². The van der Waals surface area contributed by atoms with Crippen LogP contribution in [-0.2, 0) is 31.3 Å². The summed E-state index contributed by atoms with van der Waals surface area (Å²) in [5.74, 6) is 0.227. The third-order valence-corrected chi connectivity index (χ3v) is 8.71. The molecule has 0 unspecified atom stereocenters. The highest BCUT2D eigenvalue weighted by Crippen LogP contribution is 2.36. The van der Waals surface area contributed by atoms with Crippen LogP contribution in [0.25, 0.3) is 0 Å². The second kappa shape index (κ2) is 9.03. The molecule has 34 heavy (non-hydrogen) atoms. The summed E-state index contributed by atoms with van der Waals surface area (Å²) in [6, 6.07) is 13.9. The molecule has 8 nitrogen and oxygen atoms in total. The van der Waals surface area contributed by atoms with Crippen LogP contribution in [0.4, 0.5) is 4.79 Å². The fourth-order valence-electron chi connectivity index (χ4n) is 4.86. The van der Waals surface area contributed by atoms with Crippen molar-refractivity contribution in [3.8, 4) is 5.75 Å². The lowest BCUT2D eigenvalue weighted by atomic mass is 9.80. The molecule has 2 aromatic carbocycles. The number of ether oxygens (including phenoxy) is 2. The molecule has 5 rings (SSSR count). The highest BCUT2D eigenvalue weighted by Gasteiger charge is 2.44. The molecule has 2 aliphatic heterocycles. The summed E-state index contributed by atoms with van der Waals surface area (Å²) < 4.78 is 38.2. The molecule has 180 valence electrons. The SMILES string of the molecule is O=C1CN(Cc2ccc(C3(CS(=O)(=O)c4cccc(OC5CCCC5)c4)COC3)cc2)C(=O)N1. The van der Waals surface area contributed by atoms with Gasteiger partial charge in [0.05, 0.1) is 35.4 Å². The third kappa shape index (κ3) is 4.67. The lowest BCUT2D eigenvalue weighted by Crippen LogP contribution is -2.51. The number of imide groups is 1. The topological polar surface area (TPSA) is 102 Å². The number of urea groups is 1. The molecule has 1 N–H and O–H groups in total. The summed E-state index contributed by atoms with van der Waals surface area (Å²) >= 11 is 0. The highest BCUT2D eigenvalue weighted by molar-refractivity contribution is 7.91. The summed E-state index contributed by atoms with van der Waals surface area (Å²) in [4.78, 5) is 24.9. The van der Waals surface area contributed by atoms with Gasteiger partial charge < -0.3 is 14.4 Å². The molecule has 1 aliphatic carbocycles. The van der Waals surface area contributed by atoms with E-state index in [1.54, 1.807) is 18.2 Å². The zero-order chi connectivity index (χ0) is 23.8. The van der Waals surface area contributed by atoms with Crippen LogP contribution in [0.2, 0.25) is 0 Å². The molecule has 2 heterocycles. The van der Waals surface area contributed by atoms with E-state index in [9.17, 15) is 18.0 Å². The predicted molar refractivity (Wildman–Crippen MR) is 124 cm³/mol. The van der Waals surface area contributed by atoms with Gasteiger partial charge in [0.1, 0.15) is 12.3 Å². The lowest BCUT2D eigenvalue weighted by molar-refractivity contribution is -0.118. The number of hydrogen-bond donors (Lipinski definition) is 1. The molecule has 2 aromatic rings. The Bertz CT molecular complexity index is 1180. The fraction of sp³-hybridized carbons (Fsp3) is 0.440. The Morgan fingerprint density at radius 1 is 1.06 bits per heavy atom. The Balaban J connectivity index is 1.30. The number of amides is 3. The largest absolute Gasteiger partial charge is 0.490 e. The van der Waals surface area contributed by atoms with Crippen molar-refractivity contribution >= 4 is 21.8 Å². The molecule has 0 spiro atoms. The van der Waals surface area contributed by atoms with E-state index in [-0.39, 0.29) is 29.2 Å². The number of nitrogens with zero attached hydrogens (tertiary/aromatic N) is 1. The molecule has 3 fully saturated rings. The molecule has 9 heteroatoms. The number of benzene rings is 2. The predicted octanol–water partition coefficient (Wildman–Crippen LogP) is 2.80. The Morgan fingerprint density at radius 2 is 1.79 bits per heavy atom. The van der Waals surface area contributed by atoms with Crippen LogP contribution in [0.1, 0.15) is 36.8 Å². The van der Waals surface area contributed by atoms with Gasteiger partial charge in [0.2, 0.25) is 5.91 Å². The molecule has 2 saturated heterocycles. The van der Waals surface area contributed by atoms with Crippen molar-refractivity contribution in [1.29, 1.82) is 0 Å². The minimum atomic E-state index is -3.58. The van der Waals surface area contributed by atoms with E-state index >= 15 is 0 Å². The number of nitrogens with one attached hydrogen (secondary N) is 1. The molecule has 0 atom stereocenters. The summed E-state index contributed by atoms with van der Waals surface area (Å²) in [6.45, 7) is 1.01. The summed E-state index contributed by atoms with van der Waals surface area (Å²) in [6.07, 6.45) is 4.46. The van der Waals surface area contributed by atoms with Gasteiger partial charge in [0.25, 0.3) is 0 Å². The van der Waals surface area contributed by atoms with Crippen molar-refractivity contribution in [3.63, 3.8) is 0 Å². The average molecular weight is 485 g/mol. The van der Waals surface area contributed by atoms with Gasteiger partial charge in [0.15, 0.2) is 9.84 Å². The Kier molecular flexibility index (Phi) is 6.07. The van der Waals surface area contributed by atoms with Crippen molar-refractivity contribution in [1.82, 2.24) is 10.2 Å². The minimum absolute atomic E-state index is 0.0418. The van der Waals surface area contributed by atoms with Crippen LogP contribution in [-0.4, -0.2) is 56.9 Å². The molecule has 1 saturated carbocycles. The Morgan fingerprint density at radius 3 is 2.41 bits per heavy atom. The standard InChI is InChI=1S/C25H28N2O6S/c28-23-14-27(24(29)26-23)13-18-8-10-19(11-9-18)25(15-32-16-25)17-34(30,31)22-7-3-6-21(12-22)33-20-4-1-2-5-20/h3,6-12,20H,1-2,4-5,13-17H2,(H,26,28,29). The van der Waals surface area contributed by atoms with Gasteiger partial charge in [-0.1, -0.05) is 30.3 Å². The maximum Gasteiger partial charge on any atom is 0.324 e. The maximum atomic E-state index is 13.4. The molecule has 0 aromatic heterocycles. The van der Waals surface area contributed by atoms with Crippen LogP contribution < -0.4 is 10.1 Å². The van der Waals surface area contributed by atoms with Gasteiger partial charge in [-0.2, -0.15) is 0 Å². The number of hydrogen-bond acceptors (Lipinski definition) is 6. The smallest absolute Gasteiger partial charge is 0.324 e. The van der Waals surface area contributed by atoms with Crippen molar-refractivity contribution in [2.75, 3.05) is 25.5 Å². The second-order valence-electron chi connectivity index (χ2n) is 9.44. The zero-order valence-corrected chi connectivity index (χ0v) is 19.7. The monoisotopic (exact) mass is 484 g/mol. The van der Waals surface area contributed by atoms with Crippen LogP contribution in [0.3, 0.4) is 0 Å². The zero-order valence-electron chi connectivity index (χ0n) is 18.9. The average Bonchev–Trinajstić information content (AvgIpc) is 3.40. The first-order valence-electron chi connectivity index (χ1n) is 11.6. The lowest BCUT2D eigenvalue weighted by Gasteiger charge is -2.41. The van der Waals surface area contributed by atoms with Crippen LogP contribution in [0.15, 0.2) is 53.4 Å². The first-order chi connectivity index (χ1) is 16.3.